The lowest BCUT2D eigenvalue weighted by Crippen LogP contribution is -2.44. The number of carbonyl (C=O) groups is 3. The Labute approximate surface area is 148 Å². The van der Waals surface area contributed by atoms with Crippen LogP contribution in [0.25, 0.3) is 6.08 Å². The molecule has 0 aromatic carbocycles. The van der Waals surface area contributed by atoms with E-state index in [0.29, 0.717) is 16.9 Å². The molecule has 1 amide bonds. The van der Waals surface area contributed by atoms with Gasteiger partial charge in [0, 0.05) is 6.08 Å². The predicted molar refractivity (Wildman–Crippen MR) is 89.8 cm³/mol. The minimum Gasteiger partial charge on any atom is -0.467 e. The van der Waals surface area contributed by atoms with E-state index in [9.17, 15) is 14.4 Å². The number of amides is 1. The Bertz CT molecular complexity index is 607. The number of ether oxygens (including phenoxy) is 2. The summed E-state index contributed by atoms with van der Waals surface area (Å²) in [5.74, 6) is -1.16. The van der Waals surface area contributed by atoms with Crippen LogP contribution in [0.1, 0.15) is 26.0 Å². The van der Waals surface area contributed by atoms with Crippen LogP contribution in [0.2, 0.25) is 0 Å². The number of furan rings is 1. The van der Waals surface area contributed by atoms with Crippen molar-refractivity contribution in [3.05, 3.63) is 28.6 Å². The third-order valence-electron chi connectivity index (χ3n) is 2.85. The number of nitrogens with one attached hydrogen (secondary N) is 1. The van der Waals surface area contributed by atoms with E-state index >= 15 is 0 Å². The Morgan fingerprint density at radius 2 is 2.04 bits per heavy atom. The van der Waals surface area contributed by atoms with Crippen LogP contribution in [-0.4, -0.2) is 37.6 Å². The normalized spacial score (nSPS) is 12.2. The van der Waals surface area contributed by atoms with Gasteiger partial charge in [-0.05, 0) is 46.5 Å². The van der Waals surface area contributed by atoms with E-state index in [4.69, 9.17) is 9.15 Å². The summed E-state index contributed by atoms with van der Waals surface area (Å²) in [6.45, 7) is 3.34. The third kappa shape index (κ3) is 7.45. The van der Waals surface area contributed by atoms with E-state index < -0.39 is 30.5 Å². The molecule has 1 aromatic heterocycles. The molecule has 0 spiro atoms. The summed E-state index contributed by atoms with van der Waals surface area (Å²) >= 11 is 3.14. The molecule has 24 heavy (non-hydrogen) atoms. The topological polar surface area (TPSA) is 94.8 Å². The van der Waals surface area contributed by atoms with E-state index in [2.05, 4.69) is 26.0 Å². The molecule has 1 atom stereocenters. The van der Waals surface area contributed by atoms with Crippen molar-refractivity contribution in [3.63, 3.8) is 0 Å². The first-order valence-corrected chi connectivity index (χ1v) is 8.08. The van der Waals surface area contributed by atoms with Crippen molar-refractivity contribution in [1.29, 1.82) is 0 Å². The minimum atomic E-state index is -0.766. The van der Waals surface area contributed by atoms with Crippen LogP contribution >= 0.6 is 15.9 Å². The van der Waals surface area contributed by atoms with Gasteiger partial charge in [-0.1, -0.05) is 13.8 Å². The lowest BCUT2D eigenvalue weighted by molar-refractivity contribution is -0.148. The second-order valence-electron chi connectivity index (χ2n) is 5.36. The van der Waals surface area contributed by atoms with Crippen LogP contribution in [0.4, 0.5) is 0 Å². The van der Waals surface area contributed by atoms with E-state index in [1.165, 1.54) is 13.2 Å². The predicted octanol–water partition coefficient (Wildman–Crippen LogP) is 2.30. The van der Waals surface area contributed by atoms with Gasteiger partial charge in [-0.3, -0.25) is 4.79 Å². The average Bonchev–Trinajstić information content (AvgIpc) is 2.94. The molecule has 8 heteroatoms. The smallest absolute Gasteiger partial charge is 0.331 e. The molecule has 1 N–H and O–H groups in total. The Kier molecular flexibility index (Phi) is 8.25. The first kappa shape index (κ1) is 20.0. The maximum atomic E-state index is 11.8. The number of carbonyl (C=O) groups excluding carboxylic acids is 3. The van der Waals surface area contributed by atoms with E-state index in [-0.39, 0.29) is 5.92 Å². The number of rotatable bonds is 8. The highest BCUT2D eigenvalue weighted by molar-refractivity contribution is 9.10. The summed E-state index contributed by atoms with van der Waals surface area (Å²) in [5, 5.41) is 2.49. The van der Waals surface area contributed by atoms with Crippen LogP contribution < -0.4 is 5.32 Å². The monoisotopic (exact) mass is 401 g/mol. The van der Waals surface area contributed by atoms with Crippen molar-refractivity contribution in [3.8, 4) is 0 Å². The third-order valence-corrected chi connectivity index (χ3v) is 3.28. The van der Waals surface area contributed by atoms with Crippen LogP contribution in [0.3, 0.4) is 0 Å². The summed E-state index contributed by atoms with van der Waals surface area (Å²) in [5.41, 5.74) is 0. The Morgan fingerprint density at radius 1 is 1.33 bits per heavy atom. The molecule has 0 saturated carbocycles. The maximum Gasteiger partial charge on any atom is 0.331 e. The number of halogens is 1. The van der Waals surface area contributed by atoms with E-state index in [1.807, 2.05) is 13.8 Å². The molecule has 132 valence electrons. The molecule has 1 aromatic rings. The SMILES string of the molecule is COC(=O)[C@H](CC(C)C)NC(=O)COC(=O)/C=C/c1ccc(Br)o1. The molecular formula is C16H20BrNO6. The fourth-order valence-electron chi connectivity index (χ4n) is 1.82. The molecule has 0 unspecified atom stereocenters. The fourth-order valence-corrected chi connectivity index (χ4v) is 2.14. The van der Waals surface area contributed by atoms with Gasteiger partial charge in [-0.2, -0.15) is 0 Å². The summed E-state index contributed by atoms with van der Waals surface area (Å²) in [7, 11) is 1.25. The molecule has 0 aliphatic heterocycles. The molecule has 0 radical (unpaired) electrons. The number of esters is 2. The Balaban J connectivity index is 2.44. The number of hydrogen-bond donors (Lipinski definition) is 1. The fraction of sp³-hybridized carbons (Fsp3) is 0.438. The summed E-state index contributed by atoms with van der Waals surface area (Å²) in [6.07, 6.45) is 2.99. The standard InChI is InChI=1S/C16H20BrNO6/c1-10(2)8-12(16(21)22-3)18-14(19)9-23-15(20)7-5-11-4-6-13(17)24-11/h4-7,10,12H,8-9H2,1-3H3,(H,18,19)/b7-5+/t12-/m0/s1. The summed E-state index contributed by atoms with van der Waals surface area (Å²) < 4.78 is 15.2. The first-order valence-electron chi connectivity index (χ1n) is 7.29. The highest BCUT2D eigenvalue weighted by Crippen LogP contribution is 2.15. The Morgan fingerprint density at radius 3 is 2.58 bits per heavy atom. The average molecular weight is 402 g/mol. The van der Waals surface area contributed by atoms with Crippen LogP contribution in [0.15, 0.2) is 27.3 Å². The molecule has 1 rings (SSSR count). The van der Waals surface area contributed by atoms with Gasteiger partial charge in [0.15, 0.2) is 11.3 Å². The van der Waals surface area contributed by atoms with Gasteiger partial charge in [0.05, 0.1) is 7.11 Å². The lowest BCUT2D eigenvalue weighted by Gasteiger charge is -2.18. The van der Waals surface area contributed by atoms with Gasteiger partial charge in [0.2, 0.25) is 0 Å². The summed E-state index contributed by atoms with van der Waals surface area (Å²) in [4.78, 5) is 35.0. The van der Waals surface area contributed by atoms with Crippen molar-refractivity contribution in [1.82, 2.24) is 5.32 Å². The zero-order valence-corrected chi connectivity index (χ0v) is 15.3. The molecule has 0 aliphatic rings. The van der Waals surface area contributed by atoms with Crippen molar-refractivity contribution in [2.24, 2.45) is 5.92 Å². The van der Waals surface area contributed by atoms with E-state index in [1.54, 1.807) is 12.1 Å². The summed E-state index contributed by atoms with van der Waals surface area (Å²) in [6, 6.07) is 2.57. The van der Waals surface area contributed by atoms with Crippen molar-refractivity contribution >= 4 is 39.9 Å². The molecule has 0 fully saturated rings. The van der Waals surface area contributed by atoms with Gasteiger partial charge in [-0.25, -0.2) is 9.59 Å². The minimum absolute atomic E-state index is 0.188. The van der Waals surface area contributed by atoms with Crippen LogP contribution in [0.5, 0.6) is 0 Å². The molecule has 7 nitrogen and oxygen atoms in total. The van der Waals surface area contributed by atoms with Crippen molar-refractivity contribution < 1.29 is 28.3 Å². The van der Waals surface area contributed by atoms with Gasteiger partial charge < -0.3 is 19.2 Å². The molecule has 0 saturated heterocycles. The lowest BCUT2D eigenvalue weighted by atomic mass is 10.0. The zero-order chi connectivity index (χ0) is 18.1. The Hall–Kier alpha value is -2.09. The van der Waals surface area contributed by atoms with E-state index in [0.717, 1.165) is 6.08 Å². The van der Waals surface area contributed by atoms with Gasteiger partial charge in [0.1, 0.15) is 11.8 Å². The number of methoxy groups -OCH3 is 1. The molecule has 0 aliphatic carbocycles. The second-order valence-corrected chi connectivity index (χ2v) is 6.14. The first-order chi connectivity index (χ1) is 11.3. The molecular weight excluding hydrogens is 382 g/mol. The van der Waals surface area contributed by atoms with Crippen LogP contribution in [-0.2, 0) is 23.9 Å². The van der Waals surface area contributed by atoms with Crippen LogP contribution in [0, 0.1) is 5.92 Å². The number of hydrogen-bond acceptors (Lipinski definition) is 6. The highest BCUT2D eigenvalue weighted by Gasteiger charge is 2.22. The maximum absolute atomic E-state index is 11.8. The second kappa shape index (κ2) is 9.92. The molecule has 0 bridgehead atoms. The van der Waals surface area contributed by atoms with Gasteiger partial charge in [0.25, 0.3) is 5.91 Å². The molecule has 1 heterocycles. The highest BCUT2D eigenvalue weighted by atomic mass is 79.9. The van der Waals surface area contributed by atoms with Crippen molar-refractivity contribution in [2.75, 3.05) is 13.7 Å². The van der Waals surface area contributed by atoms with Gasteiger partial charge >= 0.3 is 11.9 Å². The zero-order valence-electron chi connectivity index (χ0n) is 13.7. The van der Waals surface area contributed by atoms with Crippen molar-refractivity contribution in [2.45, 2.75) is 26.3 Å². The quantitative estimate of drug-likeness (QED) is 0.530. The largest absolute Gasteiger partial charge is 0.467 e. The van der Waals surface area contributed by atoms with Gasteiger partial charge in [-0.15, -0.1) is 0 Å².